The van der Waals surface area contributed by atoms with Crippen LogP contribution in [-0.2, 0) is 6.61 Å². The first-order valence-corrected chi connectivity index (χ1v) is 3.55. The van der Waals surface area contributed by atoms with Crippen LogP contribution in [0.4, 0.5) is 0 Å². The van der Waals surface area contributed by atoms with Gasteiger partial charge in [0.15, 0.2) is 0 Å². The van der Waals surface area contributed by atoms with Crippen molar-refractivity contribution in [2.75, 3.05) is 14.2 Å². The molecule has 0 saturated heterocycles. The van der Waals surface area contributed by atoms with Crippen molar-refractivity contribution < 1.29 is 14.6 Å². The van der Waals surface area contributed by atoms with E-state index >= 15 is 0 Å². The number of hydrogen-bond donors (Lipinski definition) is 1. The van der Waals surface area contributed by atoms with Gasteiger partial charge in [-0.05, 0) is 17.7 Å². The largest absolute Gasteiger partial charge is 0.496 e. The average molecular weight is 167 g/mol. The lowest BCUT2D eigenvalue weighted by Crippen LogP contribution is -1.91. The van der Waals surface area contributed by atoms with E-state index in [0.29, 0.717) is 11.5 Å². The van der Waals surface area contributed by atoms with Crippen LogP contribution in [0.15, 0.2) is 12.1 Å². The first-order chi connectivity index (χ1) is 5.80. The normalized spacial score (nSPS) is 9.58. The molecule has 0 aromatic heterocycles. The van der Waals surface area contributed by atoms with E-state index in [-0.39, 0.29) is 6.61 Å². The van der Waals surface area contributed by atoms with E-state index in [9.17, 15) is 0 Å². The summed E-state index contributed by atoms with van der Waals surface area (Å²) < 4.78 is 9.91. The Hall–Kier alpha value is -1.22. The third-order valence-corrected chi connectivity index (χ3v) is 1.50. The summed E-state index contributed by atoms with van der Waals surface area (Å²) in [6, 6.07) is 6.28. The zero-order valence-electron chi connectivity index (χ0n) is 7.13. The van der Waals surface area contributed by atoms with Crippen LogP contribution in [0.3, 0.4) is 0 Å². The highest BCUT2D eigenvalue weighted by Crippen LogP contribution is 2.21. The van der Waals surface area contributed by atoms with Crippen molar-refractivity contribution in [2.24, 2.45) is 0 Å². The molecule has 3 heteroatoms. The molecule has 0 aliphatic heterocycles. The molecule has 1 radical (unpaired) electrons. The van der Waals surface area contributed by atoms with Gasteiger partial charge in [0, 0.05) is 0 Å². The number of benzene rings is 1. The molecular weight excluding hydrogens is 156 g/mol. The van der Waals surface area contributed by atoms with Gasteiger partial charge in [0.25, 0.3) is 0 Å². The molecule has 0 spiro atoms. The van der Waals surface area contributed by atoms with Gasteiger partial charge in [-0.25, -0.2) is 0 Å². The van der Waals surface area contributed by atoms with Crippen molar-refractivity contribution in [1.82, 2.24) is 0 Å². The SMILES string of the molecule is COc1[c]c(OC)cc(CO)c1. The van der Waals surface area contributed by atoms with E-state index in [1.807, 2.05) is 0 Å². The van der Waals surface area contributed by atoms with Crippen molar-refractivity contribution in [3.05, 3.63) is 23.8 Å². The monoisotopic (exact) mass is 167 g/mol. The Morgan fingerprint density at radius 2 is 1.75 bits per heavy atom. The van der Waals surface area contributed by atoms with Crippen LogP contribution in [0, 0.1) is 6.07 Å². The summed E-state index contributed by atoms with van der Waals surface area (Å²) in [4.78, 5) is 0. The van der Waals surface area contributed by atoms with Crippen molar-refractivity contribution in [1.29, 1.82) is 0 Å². The summed E-state index contributed by atoms with van der Waals surface area (Å²) in [5, 5.41) is 8.85. The Morgan fingerprint density at radius 1 is 1.25 bits per heavy atom. The molecule has 1 aromatic carbocycles. The van der Waals surface area contributed by atoms with Gasteiger partial charge in [0.05, 0.1) is 26.9 Å². The maximum absolute atomic E-state index is 8.85. The number of aliphatic hydroxyl groups excluding tert-OH is 1. The van der Waals surface area contributed by atoms with Gasteiger partial charge >= 0.3 is 0 Å². The molecule has 65 valence electrons. The molecule has 0 bridgehead atoms. The molecule has 12 heavy (non-hydrogen) atoms. The second-order valence-corrected chi connectivity index (χ2v) is 2.28. The van der Waals surface area contributed by atoms with Crippen molar-refractivity contribution in [2.45, 2.75) is 6.61 Å². The second kappa shape index (κ2) is 3.97. The van der Waals surface area contributed by atoms with Crippen molar-refractivity contribution in [3.8, 4) is 11.5 Å². The molecule has 0 atom stereocenters. The molecule has 0 heterocycles. The molecule has 0 amide bonds. The molecule has 1 N–H and O–H groups in total. The fraction of sp³-hybridized carbons (Fsp3) is 0.333. The maximum Gasteiger partial charge on any atom is 0.131 e. The second-order valence-electron chi connectivity index (χ2n) is 2.28. The number of ether oxygens (including phenoxy) is 2. The molecule has 3 nitrogen and oxygen atoms in total. The summed E-state index contributed by atoms with van der Waals surface area (Å²) in [6.07, 6.45) is 0. The molecule has 0 fully saturated rings. The Bertz CT molecular complexity index is 203. The third-order valence-electron chi connectivity index (χ3n) is 1.50. The van der Waals surface area contributed by atoms with E-state index in [2.05, 4.69) is 6.07 Å². The lowest BCUT2D eigenvalue weighted by molar-refractivity contribution is 0.280. The predicted octanol–water partition coefficient (Wildman–Crippen LogP) is 0.996. The Labute approximate surface area is 71.5 Å². The third kappa shape index (κ3) is 1.89. The van der Waals surface area contributed by atoms with Gasteiger partial charge in [-0.1, -0.05) is 0 Å². The highest BCUT2D eigenvalue weighted by Gasteiger charge is 2.00. The molecular formula is C9H11O3. The standard InChI is InChI=1S/C9H11O3/c1-11-8-3-7(6-10)4-9(5-8)12-2/h3-4,10H,6H2,1-2H3. The van der Waals surface area contributed by atoms with Crippen LogP contribution in [0.2, 0.25) is 0 Å². The molecule has 0 aliphatic rings. The van der Waals surface area contributed by atoms with E-state index in [1.54, 1.807) is 26.4 Å². The van der Waals surface area contributed by atoms with Crippen LogP contribution in [0.1, 0.15) is 5.56 Å². The predicted molar refractivity (Wildman–Crippen MR) is 44.3 cm³/mol. The number of aliphatic hydroxyl groups is 1. The highest BCUT2D eigenvalue weighted by atomic mass is 16.5. The van der Waals surface area contributed by atoms with Gasteiger partial charge in [-0.3, -0.25) is 0 Å². The van der Waals surface area contributed by atoms with Crippen LogP contribution in [-0.4, -0.2) is 19.3 Å². The zero-order chi connectivity index (χ0) is 8.97. The fourth-order valence-corrected chi connectivity index (χ4v) is 0.883. The molecule has 0 aliphatic carbocycles. The van der Waals surface area contributed by atoms with Crippen LogP contribution in [0.5, 0.6) is 11.5 Å². The summed E-state index contributed by atoms with van der Waals surface area (Å²) in [5.74, 6) is 1.14. The first-order valence-electron chi connectivity index (χ1n) is 3.55. The minimum absolute atomic E-state index is 0.0264. The lowest BCUT2D eigenvalue weighted by atomic mass is 10.2. The Balaban J connectivity index is 3.01. The lowest BCUT2D eigenvalue weighted by Gasteiger charge is -2.05. The van der Waals surface area contributed by atoms with Gasteiger partial charge in [0.2, 0.25) is 0 Å². The topological polar surface area (TPSA) is 38.7 Å². The van der Waals surface area contributed by atoms with Gasteiger partial charge in [-0.15, -0.1) is 0 Å². The van der Waals surface area contributed by atoms with E-state index < -0.39 is 0 Å². The van der Waals surface area contributed by atoms with Crippen LogP contribution < -0.4 is 9.47 Å². The minimum Gasteiger partial charge on any atom is -0.496 e. The van der Waals surface area contributed by atoms with Crippen molar-refractivity contribution in [3.63, 3.8) is 0 Å². The summed E-state index contributed by atoms with van der Waals surface area (Å²) in [5.41, 5.74) is 0.752. The Morgan fingerprint density at radius 3 is 2.08 bits per heavy atom. The highest BCUT2D eigenvalue weighted by molar-refractivity contribution is 5.36. The first kappa shape index (κ1) is 8.87. The zero-order valence-corrected chi connectivity index (χ0v) is 7.13. The van der Waals surface area contributed by atoms with Gasteiger partial charge in [0.1, 0.15) is 11.5 Å². The summed E-state index contributed by atoms with van der Waals surface area (Å²) in [6.45, 7) is -0.0264. The van der Waals surface area contributed by atoms with Crippen molar-refractivity contribution >= 4 is 0 Å². The molecule has 1 aromatic rings. The van der Waals surface area contributed by atoms with E-state index in [0.717, 1.165) is 5.56 Å². The van der Waals surface area contributed by atoms with Gasteiger partial charge < -0.3 is 14.6 Å². The molecule has 1 rings (SSSR count). The quantitative estimate of drug-likeness (QED) is 0.729. The summed E-state index contributed by atoms with van der Waals surface area (Å²) >= 11 is 0. The fourth-order valence-electron chi connectivity index (χ4n) is 0.883. The van der Waals surface area contributed by atoms with E-state index in [1.165, 1.54) is 0 Å². The number of rotatable bonds is 3. The Kier molecular flexibility index (Phi) is 2.94. The minimum atomic E-state index is -0.0264. The maximum atomic E-state index is 8.85. The number of hydrogen-bond acceptors (Lipinski definition) is 3. The smallest absolute Gasteiger partial charge is 0.131 e. The van der Waals surface area contributed by atoms with Gasteiger partial charge in [-0.2, -0.15) is 0 Å². The average Bonchev–Trinajstić information content (AvgIpc) is 2.16. The number of methoxy groups -OCH3 is 2. The molecule has 0 unspecified atom stereocenters. The van der Waals surface area contributed by atoms with E-state index in [4.69, 9.17) is 14.6 Å². The molecule has 0 saturated carbocycles. The van der Waals surface area contributed by atoms with Crippen LogP contribution >= 0.6 is 0 Å². The summed E-state index contributed by atoms with van der Waals surface area (Å²) in [7, 11) is 3.10. The van der Waals surface area contributed by atoms with Crippen LogP contribution in [0.25, 0.3) is 0 Å².